The van der Waals surface area contributed by atoms with Crippen LogP contribution in [0.3, 0.4) is 0 Å². The van der Waals surface area contributed by atoms with Crippen molar-refractivity contribution in [3.63, 3.8) is 0 Å². The summed E-state index contributed by atoms with van der Waals surface area (Å²) < 4.78 is -0.348. The summed E-state index contributed by atoms with van der Waals surface area (Å²) in [6, 6.07) is 13.1. The van der Waals surface area contributed by atoms with Gasteiger partial charge in [0.15, 0.2) is 0 Å². The van der Waals surface area contributed by atoms with E-state index in [1.807, 2.05) is 20.8 Å². The van der Waals surface area contributed by atoms with E-state index in [1.165, 1.54) is 22.0 Å². The Morgan fingerprint density at radius 3 is 2.31 bits per heavy atom. The summed E-state index contributed by atoms with van der Waals surface area (Å²) in [6.45, 7) is 12.6. The van der Waals surface area contributed by atoms with Gasteiger partial charge in [0.1, 0.15) is 5.78 Å². The van der Waals surface area contributed by atoms with Crippen molar-refractivity contribution in [3.05, 3.63) is 53.9 Å². The zero-order valence-corrected chi connectivity index (χ0v) is 20.1. The van der Waals surface area contributed by atoms with Crippen LogP contribution in [0.5, 0.6) is 0 Å². The van der Waals surface area contributed by atoms with E-state index in [9.17, 15) is 4.79 Å². The molecule has 0 aliphatic rings. The molecule has 158 valence electrons. The molecule has 0 aliphatic heterocycles. The molecule has 2 aromatic carbocycles. The van der Waals surface area contributed by atoms with E-state index in [0.717, 1.165) is 11.6 Å². The van der Waals surface area contributed by atoms with Crippen LogP contribution < -0.4 is 4.90 Å². The van der Waals surface area contributed by atoms with Gasteiger partial charge in [-0.3, -0.25) is 4.79 Å². The SMILES string of the molecule is CCC(=O)C(C)(C)SCN(C)/C=C(/C)N(C)c1ccc(C(C)C)c2ccccc12. The highest BCUT2D eigenvalue weighted by Crippen LogP contribution is 2.34. The highest BCUT2D eigenvalue weighted by molar-refractivity contribution is 8.01. The molecule has 0 N–H and O–H groups in total. The second kappa shape index (κ2) is 9.71. The molecule has 0 amide bonds. The van der Waals surface area contributed by atoms with Crippen LogP contribution in [-0.2, 0) is 4.79 Å². The van der Waals surface area contributed by atoms with Crippen LogP contribution in [0.15, 0.2) is 48.3 Å². The average Bonchev–Trinajstić information content (AvgIpc) is 2.70. The van der Waals surface area contributed by atoms with Crippen molar-refractivity contribution in [1.29, 1.82) is 0 Å². The number of carbonyl (C=O) groups excluding carboxylic acids is 1. The van der Waals surface area contributed by atoms with Crippen molar-refractivity contribution in [2.24, 2.45) is 0 Å². The minimum atomic E-state index is -0.348. The first-order valence-electron chi connectivity index (χ1n) is 10.4. The average molecular weight is 413 g/mol. The maximum atomic E-state index is 12.1. The number of hydrogen-bond acceptors (Lipinski definition) is 4. The Balaban J connectivity index is 2.22. The first kappa shape index (κ1) is 23.3. The number of Topliss-reactive ketones (excluding diaryl/α,β-unsaturated/α-hetero) is 1. The lowest BCUT2D eigenvalue weighted by atomic mass is 9.95. The lowest BCUT2D eigenvalue weighted by Crippen LogP contribution is -2.30. The first-order chi connectivity index (χ1) is 13.6. The van der Waals surface area contributed by atoms with Crippen LogP contribution >= 0.6 is 11.8 Å². The summed E-state index contributed by atoms with van der Waals surface area (Å²) >= 11 is 1.69. The van der Waals surface area contributed by atoms with Gasteiger partial charge in [-0.1, -0.05) is 51.1 Å². The van der Waals surface area contributed by atoms with Gasteiger partial charge in [-0.05, 0) is 43.7 Å². The Kier molecular flexibility index (Phi) is 7.81. The first-order valence-corrected chi connectivity index (χ1v) is 11.4. The molecule has 29 heavy (non-hydrogen) atoms. The third kappa shape index (κ3) is 5.57. The van der Waals surface area contributed by atoms with E-state index in [1.54, 1.807) is 11.8 Å². The van der Waals surface area contributed by atoms with E-state index in [4.69, 9.17) is 0 Å². The second-order valence-electron chi connectivity index (χ2n) is 8.52. The summed E-state index contributed by atoms with van der Waals surface area (Å²) in [7, 11) is 4.19. The summed E-state index contributed by atoms with van der Waals surface area (Å²) in [5.74, 6) is 1.57. The van der Waals surface area contributed by atoms with Crippen LogP contribution in [0.25, 0.3) is 10.8 Å². The van der Waals surface area contributed by atoms with Gasteiger partial charge in [-0.25, -0.2) is 0 Å². The third-order valence-electron chi connectivity index (χ3n) is 5.48. The molecule has 3 nitrogen and oxygen atoms in total. The fourth-order valence-corrected chi connectivity index (χ4v) is 4.41. The van der Waals surface area contributed by atoms with Crippen molar-refractivity contribution >= 4 is 34.0 Å². The van der Waals surface area contributed by atoms with Gasteiger partial charge in [0.05, 0.1) is 10.6 Å². The molecule has 0 bridgehead atoms. The molecule has 0 atom stereocenters. The van der Waals surface area contributed by atoms with Gasteiger partial charge in [-0.2, -0.15) is 0 Å². The number of carbonyl (C=O) groups is 1. The summed E-state index contributed by atoms with van der Waals surface area (Å²) in [5, 5.41) is 2.60. The van der Waals surface area contributed by atoms with Crippen LogP contribution in [0.2, 0.25) is 0 Å². The predicted molar refractivity (Wildman–Crippen MR) is 130 cm³/mol. The number of rotatable bonds is 9. The van der Waals surface area contributed by atoms with Gasteiger partial charge in [-0.15, -0.1) is 11.8 Å². The quantitative estimate of drug-likeness (QED) is 0.431. The van der Waals surface area contributed by atoms with Gasteiger partial charge >= 0.3 is 0 Å². The number of allylic oxidation sites excluding steroid dienone is 1. The minimum absolute atomic E-state index is 0.297. The van der Waals surface area contributed by atoms with Crippen LogP contribution in [0.1, 0.15) is 59.4 Å². The lowest BCUT2D eigenvalue weighted by molar-refractivity contribution is -0.120. The van der Waals surface area contributed by atoms with Crippen LogP contribution in [-0.4, -0.2) is 35.4 Å². The molecule has 0 aliphatic carbocycles. The van der Waals surface area contributed by atoms with E-state index in [2.05, 4.69) is 87.3 Å². The number of thioether (sulfide) groups is 1. The Labute approximate surface area is 181 Å². The number of ketones is 1. The summed E-state index contributed by atoms with van der Waals surface area (Å²) in [4.78, 5) is 16.5. The van der Waals surface area contributed by atoms with Gasteiger partial charge in [0, 0.05) is 43.5 Å². The van der Waals surface area contributed by atoms with E-state index in [0.29, 0.717) is 18.1 Å². The molecular formula is C25H36N2OS. The van der Waals surface area contributed by atoms with Crippen molar-refractivity contribution < 1.29 is 4.79 Å². The van der Waals surface area contributed by atoms with Crippen LogP contribution in [0, 0.1) is 0 Å². The maximum Gasteiger partial charge on any atom is 0.148 e. The van der Waals surface area contributed by atoms with E-state index in [-0.39, 0.29) is 4.75 Å². The molecule has 0 radical (unpaired) electrons. The monoisotopic (exact) mass is 412 g/mol. The highest BCUT2D eigenvalue weighted by Gasteiger charge is 2.26. The molecular weight excluding hydrogens is 376 g/mol. The topological polar surface area (TPSA) is 23.6 Å². The fraction of sp³-hybridized carbons (Fsp3) is 0.480. The number of nitrogens with zero attached hydrogens (tertiary/aromatic N) is 2. The molecule has 0 fully saturated rings. The molecule has 0 heterocycles. The number of fused-ring (bicyclic) bond motifs is 1. The Bertz CT molecular complexity index is 886. The smallest absolute Gasteiger partial charge is 0.148 e. The highest BCUT2D eigenvalue weighted by atomic mass is 32.2. The molecule has 2 rings (SSSR count). The zero-order valence-electron chi connectivity index (χ0n) is 19.2. The molecule has 0 saturated carbocycles. The molecule has 0 aromatic heterocycles. The van der Waals surface area contributed by atoms with Crippen molar-refractivity contribution in [2.45, 2.75) is 58.6 Å². The Morgan fingerprint density at radius 2 is 1.72 bits per heavy atom. The van der Waals surface area contributed by atoms with Crippen molar-refractivity contribution in [3.8, 4) is 0 Å². The molecule has 0 unspecified atom stereocenters. The second-order valence-corrected chi connectivity index (χ2v) is 10.1. The van der Waals surface area contributed by atoms with Crippen molar-refractivity contribution in [1.82, 2.24) is 4.90 Å². The summed E-state index contributed by atoms with van der Waals surface area (Å²) in [6.07, 6.45) is 2.74. The fourth-order valence-electron chi connectivity index (χ4n) is 3.50. The van der Waals surface area contributed by atoms with Gasteiger partial charge in [0.2, 0.25) is 0 Å². The Hall–Kier alpha value is -1.94. The molecule has 0 saturated heterocycles. The third-order valence-corrected chi connectivity index (χ3v) is 6.96. The summed E-state index contributed by atoms with van der Waals surface area (Å²) in [5.41, 5.74) is 3.76. The van der Waals surface area contributed by atoms with Gasteiger partial charge < -0.3 is 9.80 Å². The maximum absolute atomic E-state index is 12.1. The number of hydrogen-bond donors (Lipinski definition) is 0. The predicted octanol–water partition coefficient (Wildman–Crippen LogP) is 6.64. The Morgan fingerprint density at radius 1 is 1.10 bits per heavy atom. The molecule has 0 spiro atoms. The largest absolute Gasteiger partial charge is 0.370 e. The molecule has 4 heteroatoms. The zero-order chi connectivity index (χ0) is 21.8. The number of anilines is 1. The van der Waals surface area contributed by atoms with E-state index < -0.39 is 0 Å². The lowest BCUT2D eigenvalue weighted by Gasteiger charge is -2.27. The standard InChI is InChI=1S/C25H36N2OS/c1-9-24(28)25(5,6)29-17-26(7)16-19(4)27(8)23-15-14-20(18(2)3)21-12-10-11-13-22(21)23/h10-16,18H,9,17H2,1-8H3/b19-16-. The molecule has 2 aromatic rings. The normalized spacial score (nSPS) is 12.5. The van der Waals surface area contributed by atoms with E-state index >= 15 is 0 Å². The minimum Gasteiger partial charge on any atom is -0.370 e. The van der Waals surface area contributed by atoms with Gasteiger partial charge in [0.25, 0.3) is 0 Å². The number of benzene rings is 2. The van der Waals surface area contributed by atoms with Crippen molar-refractivity contribution in [2.75, 3.05) is 24.9 Å². The van der Waals surface area contributed by atoms with Crippen LogP contribution in [0.4, 0.5) is 5.69 Å².